The number of likely N-dealkylation sites (N-methyl/N-ethyl adjacent to an activating group) is 1. The van der Waals surface area contributed by atoms with E-state index in [1.165, 1.54) is 61.9 Å². The Labute approximate surface area is 228 Å². The topological polar surface area (TPSA) is 97.1 Å². The minimum Gasteiger partial charge on any atom is -0.483 e. The van der Waals surface area contributed by atoms with Crippen LogP contribution in [0.4, 0.5) is 28.9 Å². The molecule has 0 saturated carbocycles. The Morgan fingerprint density at radius 1 is 1.18 bits per heavy atom. The molecule has 3 rings (SSSR count). The van der Waals surface area contributed by atoms with Crippen molar-refractivity contribution in [3.63, 3.8) is 0 Å². The number of aliphatic hydroxyl groups is 1. The van der Waals surface area contributed by atoms with E-state index in [9.17, 15) is 27.9 Å². The third-order valence-electron chi connectivity index (χ3n) is 6.51. The van der Waals surface area contributed by atoms with Gasteiger partial charge < -0.3 is 24.5 Å². The van der Waals surface area contributed by atoms with Crippen LogP contribution in [0.5, 0.6) is 5.75 Å². The minimum atomic E-state index is -4.80. The van der Waals surface area contributed by atoms with Gasteiger partial charge in [-0.2, -0.15) is 18.4 Å². The molecule has 13 heteroatoms. The highest BCUT2D eigenvalue weighted by Crippen LogP contribution is 2.36. The number of nitrogens with zero attached hydrogens (tertiary/aromatic N) is 4. The van der Waals surface area contributed by atoms with Crippen molar-refractivity contribution in [2.75, 3.05) is 29.9 Å². The predicted octanol–water partition coefficient (Wildman–Crippen LogP) is 3.89. The van der Waals surface area contributed by atoms with Crippen LogP contribution in [-0.2, 0) is 15.8 Å². The summed E-state index contributed by atoms with van der Waals surface area (Å²) in [4.78, 5) is 28.7. The summed E-state index contributed by atoms with van der Waals surface area (Å²) in [6.45, 7) is 4.43. The molecular weight excluding hydrogens is 540 g/mol. The maximum absolute atomic E-state index is 15.0. The number of ether oxygens (including phenoxy) is 1. The van der Waals surface area contributed by atoms with Gasteiger partial charge in [-0.1, -0.05) is 12.2 Å². The molecule has 0 bridgehead atoms. The van der Waals surface area contributed by atoms with Crippen LogP contribution >= 0.6 is 12.2 Å². The molecule has 1 aliphatic rings. The molecule has 1 heterocycles. The smallest absolute Gasteiger partial charge is 0.417 e. The number of rotatable bonds is 7. The van der Waals surface area contributed by atoms with Crippen LogP contribution in [0.1, 0.15) is 31.9 Å². The Balaban J connectivity index is 1.85. The van der Waals surface area contributed by atoms with Crippen LogP contribution in [0.2, 0.25) is 0 Å². The quantitative estimate of drug-likeness (QED) is 0.401. The van der Waals surface area contributed by atoms with E-state index in [-0.39, 0.29) is 36.1 Å². The molecule has 39 heavy (non-hydrogen) atoms. The lowest BCUT2D eigenvalue weighted by Gasteiger charge is -2.38. The van der Waals surface area contributed by atoms with E-state index < -0.39 is 46.8 Å². The normalized spacial score (nSPS) is 17.4. The summed E-state index contributed by atoms with van der Waals surface area (Å²) in [6, 6.07) is 8.21. The fraction of sp³-hybridized carbons (Fsp3) is 0.385. The van der Waals surface area contributed by atoms with Crippen LogP contribution in [0.25, 0.3) is 0 Å². The van der Waals surface area contributed by atoms with Crippen molar-refractivity contribution in [1.29, 1.82) is 5.26 Å². The van der Waals surface area contributed by atoms with Crippen LogP contribution in [0.3, 0.4) is 0 Å². The van der Waals surface area contributed by atoms with Crippen LogP contribution < -0.4 is 14.5 Å². The standard InChI is InChI=1S/C26H26F4N4O4S/c1-15(35)33-12-21(36)23(13-33)38-22-8-7-18(10-20(22)27)34(14-39)25(2,3)24(37)32(4)17-6-5-16(11-31)19(9-17)26(28,29)30/h5-10,14,21,23,36H,12-13H2,1-4H3. The number of nitriles is 1. The van der Waals surface area contributed by atoms with E-state index in [4.69, 9.17) is 22.2 Å². The van der Waals surface area contributed by atoms with E-state index in [1.54, 1.807) is 0 Å². The SMILES string of the molecule is CC(=O)N1CC(O)C(Oc2ccc(N(C=S)C(C)(C)C(=O)N(C)c3ccc(C#N)c(C(F)(F)F)c3)cc2F)C1. The Morgan fingerprint density at radius 3 is 2.33 bits per heavy atom. The molecular formula is C26H26F4N4O4S. The highest BCUT2D eigenvalue weighted by Gasteiger charge is 2.39. The first kappa shape index (κ1) is 29.8. The van der Waals surface area contributed by atoms with Crippen LogP contribution in [0.15, 0.2) is 36.4 Å². The number of hydrogen-bond donors (Lipinski definition) is 1. The second-order valence-electron chi connectivity index (χ2n) is 9.50. The van der Waals surface area contributed by atoms with Crippen LogP contribution in [-0.4, -0.2) is 65.2 Å². The van der Waals surface area contributed by atoms with E-state index >= 15 is 4.39 Å². The summed E-state index contributed by atoms with van der Waals surface area (Å²) in [5.41, 5.74) is -2.07. The number of halogens is 4. The zero-order valence-electron chi connectivity index (χ0n) is 21.5. The molecule has 1 N–H and O–H groups in total. The van der Waals surface area contributed by atoms with Gasteiger partial charge in [-0.25, -0.2) is 4.39 Å². The molecule has 1 fully saturated rings. The monoisotopic (exact) mass is 566 g/mol. The Morgan fingerprint density at radius 2 is 1.82 bits per heavy atom. The van der Waals surface area contributed by atoms with Gasteiger partial charge in [-0.05, 0) is 44.2 Å². The maximum atomic E-state index is 15.0. The first-order valence-corrected chi connectivity index (χ1v) is 12.1. The van der Waals surface area contributed by atoms with Gasteiger partial charge in [0.15, 0.2) is 11.6 Å². The lowest BCUT2D eigenvalue weighted by molar-refractivity contribution is -0.137. The summed E-state index contributed by atoms with van der Waals surface area (Å²) < 4.78 is 60.9. The summed E-state index contributed by atoms with van der Waals surface area (Å²) in [6.07, 6.45) is -6.64. The third-order valence-corrected chi connectivity index (χ3v) is 6.72. The number of aliphatic hydroxyl groups excluding tert-OH is 1. The van der Waals surface area contributed by atoms with Gasteiger partial charge in [-0.15, -0.1) is 0 Å². The van der Waals surface area contributed by atoms with E-state index in [2.05, 4.69) is 0 Å². The molecule has 2 amide bonds. The summed E-state index contributed by atoms with van der Waals surface area (Å²) in [7, 11) is 1.28. The van der Waals surface area contributed by atoms with E-state index in [0.29, 0.717) is 6.07 Å². The van der Waals surface area contributed by atoms with Gasteiger partial charge >= 0.3 is 6.18 Å². The second-order valence-corrected chi connectivity index (χ2v) is 9.71. The molecule has 2 atom stereocenters. The van der Waals surface area contributed by atoms with Crippen molar-refractivity contribution in [2.24, 2.45) is 0 Å². The zero-order chi connectivity index (χ0) is 29.3. The summed E-state index contributed by atoms with van der Waals surface area (Å²) >= 11 is 5.09. The lowest BCUT2D eigenvalue weighted by Crippen LogP contribution is -2.55. The number of carbonyl (C=O) groups is 2. The molecule has 0 spiro atoms. The van der Waals surface area contributed by atoms with Gasteiger partial charge in [0.1, 0.15) is 17.7 Å². The van der Waals surface area contributed by atoms with Crippen molar-refractivity contribution in [1.82, 2.24) is 4.90 Å². The predicted molar refractivity (Wildman–Crippen MR) is 139 cm³/mol. The molecule has 1 saturated heterocycles. The van der Waals surface area contributed by atoms with Gasteiger partial charge in [-0.3, -0.25) is 9.59 Å². The molecule has 8 nitrogen and oxygen atoms in total. The van der Waals surface area contributed by atoms with Crippen molar-refractivity contribution in [2.45, 2.75) is 44.7 Å². The summed E-state index contributed by atoms with van der Waals surface area (Å²) in [5, 5.41) is 19.2. The highest BCUT2D eigenvalue weighted by molar-refractivity contribution is 7.79. The molecule has 208 valence electrons. The van der Waals surface area contributed by atoms with Gasteiger partial charge in [0, 0.05) is 31.4 Å². The lowest BCUT2D eigenvalue weighted by atomic mass is 9.99. The summed E-state index contributed by atoms with van der Waals surface area (Å²) in [5.74, 6) is -1.92. The molecule has 2 aromatic rings. The molecule has 0 aromatic heterocycles. The number of β-amino-alcohol motifs (C(OH)–C–C–N with tert-alkyl or cyclic N) is 1. The number of benzene rings is 2. The molecule has 0 aliphatic carbocycles. The van der Waals surface area contributed by atoms with Crippen LogP contribution in [0, 0.1) is 17.1 Å². The molecule has 2 aromatic carbocycles. The molecule has 1 aliphatic heterocycles. The fourth-order valence-electron chi connectivity index (χ4n) is 4.25. The Hall–Kier alpha value is -3.76. The first-order valence-electron chi connectivity index (χ1n) is 11.7. The number of carbonyl (C=O) groups excluding carboxylic acids is 2. The molecule has 0 radical (unpaired) electrons. The average Bonchev–Trinajstić information content (AvgIpc) is 3.24. The fourth-order valence-corrected chi connectivity index (χ4v) is 4.63. The number of amides is 2. The van der Waals surface area contributed by atoms with Crippen molar-refractivity contribution in [3.8, 4) is 11.8 Å². The van der Waals surface area contributed by atoms with E-state index in [1.807, 2.05) is 0 Å². The largest absolute Gasteiger partial charge is 0.483 e. The van der Waals surface area contributed by atoms with Gasteiger partial charge in [0.25, 0.3) is 5.91 Å². The first-order chi connectivity index (χ1) is 18.1. The Bertz CT molecular complexity index is 1330. The number of alkyl halides is 3. The second kappa shape index (κ2) is 11.2. The number of anilines is 2. The van der Waals surface area contributed by atoms with Gasteiger partial charge in [0.2, 0.25) is 5.91 Å². The average molecular weight is 567 g/mol. The van der Waals surface area contributed by atoms with Crippen molar-refractivity contribution < 1.29 is 37.0 Å². The van der Waals surface area contributed by atoms with E-state index in [0.717, 1.165) is 22.5 Å². The highest BCUT2D eigenvalue weighted by atomic mass is 32.1. The zero-order valence-corrected chi connectivity index (χ0v) is 22.3. The number of hydrogen-bond acceptors (Lipinski definition) is 6. The van der Waals surface area contributed by atoms with Gasteiger partial charge in [0.05, 0.1) is 35.8 Å². The number of likely N-dealkylation sites (tertiary alicyclic amines) is 1. The minimum absolute atomic E-state index is 0.0614. The number of thiocarbonyl (C=S) groups is 1. The Kier molecular flexibility index (Phi) is 8.52. The van der Waals surface area contributed by atoms with Crippen molar-refractivity contribution in [3.05, 3.63) is 53.3 Å². The maximum Gasteiger partial charge on any atom is 0.417 e. The molecule has 2 unspecified atom stereocenters. The van der Waals surface area contributed by atoms with Crippen molar-refractivity contribution >= 4 is 40.9 Å². The third kappa shape index (κ3) is 6.12.